The molecule has 19 heavy (non-hydrogen) atoms. The Kier molecular flexibility index (Phi) is 6.12. The first-order valence-electron chi connectivity index (χ1n) is 6.63. The normalized spacial score (nSPS) is 11.4. The predicted molar refractivity (Wildman–Crippen MR) is 79.4 cm³/mol. The lowest BCUT2D eigenvalue weighted by Crippen LogP contribution is -2.36. The fourth-order valence-corrected chi connectivity index (χ4v) is 1.97. The molecule has 1 aromatic carbocycles. The standard InChI is InChI=1S/C15H26N2O2/c1-15(2,11-17-9-8-16-3)12-6-7-13(18-4)14(10-12)19-5/h6-7,10,16-17H,8-9,11H2,1-5H3. The van der Waals surface area contributed by atoms with Crippen molar-refractivity contribution in [3.05, 3.63) is 23.8 Å². The third-order valence-electron chi connectivity index (χ3n) is 3.28. The van der Waals surface area contributed by atoms with Gasteiger partial charge in [-0.2, -0.15) is 0 Å². The Bertz CT molecular complexity index is 392. The minimum Gasteiger partial charge on any atom is -0.493 e. The van der Waals surface area contributed by atoms with Crippen LogP contribution in [0.1, 0.15) is 19.4 Å². The molecule has 0 aliphatic rings. The molecule has 2 N–H and O–H groups in total. The minimum atomic E-state index is 0.0489. The van der Waals surface area contributed by atoms with Crippen molar-refractivity contribution in [1.82, 2.24) is 10.6 Å². The molecule has 0 atom stereocenters. The van der Waals surface area contributed by atoms with Crippen LogP contribution in [-0.4, -0.2) is 40.9 Å². The van der Waals surface area contributed by atoms with Crippen molar-refractivity contribution in [2.75, 3.05) is 40.9 Å². The van der Waals surface area contributed by atoms with Gasteiger partial charge >= 0.3 is 0 Å². The molecule has 0 saturated carbocycles. The number of nitrogens with one attached hydrogen (secondary N) is 2. The van der Waals surface area contributed by atoms with Crippen LogP contribution in [0.25, 0.3) is 0 Å². The second kappa shape index (κ2) is 7.36. The summed E-state index contributed by atoms with van der Waals surface area (Å²) in [4.78, 5) is 0. The van der Waals surface area contributed by atoms with E-state index in [1.165, 1.54) is 5.56 Å². The zero-order chi connectivity index (χ0) is 14.3. The van der Waals surface area contributed by atoms with Gasteiger partial charge in [-0.3, -0.25) is 0 Å². The molecule has 0 aliphatic carbocycles. The average Bonchev–Trinajstić information content (AvgIpc) is 2.42. The highest BCUT2D eigenvalue weighted by atomic mass is 16.5. The lowest BCUT2D eigenvalue weighted by molar-refractivity contribution is 0.353. The molecule has 0 unspecified atom stereocenters. The van der Waals surface area contributed by atoms with Gasteiger partial charge in [-0.15, -0.1) is 0 Å². The second-order valence-electron chi connectivity index (χ2n) is 5.23. The summed E-state index contributed by atoms with van der Waals surface area (Å²) < 4.78 is 10.6. The summed E-state index contributed by atoms with van der Waals surface area (Å²) in [6, 6.07) is 6.11. The molecule has 0 radical (unpaired) electrons. The highest BCUT2D eigenvalue weighted by Crippen LogP contribution is 2.32. The largest absolute Gasteiger partial charge is 0.493 e. The number of ether oxygens (including phenoxy) is 2. The first kappa shape index (κ1) is 15.8. The predicted octanol–water partition coefficient (Wildman–Crippen LogP) is 1.79. The van der Waals surface area contributed by atoms with E-state index >= 15 is 0 Å². The van der Waals surface area contributed by atoms with Crippen molar-refractivity contribution in [2.24, 2.45) is 0 Å². The molecule has 0 aliphatic heterocycles. The van der Waals surface area contributed by atoms with E-state index in [0.29, 0.717) is 0 Å². The van der Waals surface area contributed by atoms with Crippen LogP contribution in [-0.2, 0) is 5.41 Å². The van der Waals surface area contributed by atoms with E-state index in [9.17, 15) is 0 Å². The number of methoxy groups -OCH3 is 2. The first-order valence-corrected chi connectivity index (χ1v) is 6.63. The molecule has 1 rings (SSSR count). The summed E-state index contributed by atoms with van der Waals surface area (Å²) >= 11 is 0. The highest BCUT2D eigenvalue weighted by molar-refractivity contribution is 5.45. The quantitative estimate of drug-likeness (QED) is 0.704. The zero-order valence-electron chi connectivity index (χ0n) is 12.7. The van der Waals surface area contributed by atoms with Crippen LogP contribution in [0.4, 0.5) is 0 Å². The molecule has 0 amide bonds. The topological polar surface area (TPSA) is 42.5 Å². The van der Waals surface area contributed by atoms with Gasteiger partial charge in [0, 0.05) is 25.0 Å². The third kappa shape index (κ3) is 4.40. The van der Waals surface area contributed by atoms with Crippen molar-refractivity contribution in [3.63, 3.8) is 0 Å². The van der Waals surface area contributed by atoms with Crippen molar-refractivity contribution < 1.29 is 9.47 Å². The number of hydrogen-bond donors (Lipinski definition) is 2. The maximum absolute atomic E-state index is 5.36. The molecular weight excluding hydrogens is 240 g/mol. The van der Waals surface area contributed by atoms with Crippen molar-refractivity contribution in [2.45, 2.75) is 19.3 Å². The zero-order valence-corrected chi connectivity index (χ0v) is 12.7. The molecule has 4 heteroatoms. The van der Waals surface area contributed by atoms with Crippen LogP contribution in [0, 0.1) is 0 Å². The van der Waals surface area contributed by atoms with Gasteiger partial charge in [-0.1, -0.05) is 19.9 Å². The van der Waals surface area contributed by atoms with E-state index in [2.05, 4.69) is 36.6 Å². The van der Waals surface area contributed by atoms with Gasteiger partial charge in [-0.25, -0.2) is 0 Å². The second-order valence-corrected chi connectivity index (χ2v) is 5.23. The Morgan fingerprint density at radius 2 is 1.74 bits per heavy atom. The van der Waals surface area contributed by atoms with Crippen molar-refractivity contribution in [1.29, 1.82) is 0 Å². The maximum atomic E-state index is 5.36. The van der Waals surface area contributed by atoms with Gasteiger partial charge < -0.3 is 20.1 Å². The fourth-order valence-electron chi connectivity index (χ4n) is 1.97. The summed E-state index contributed by atoms with van der Waals surface area (Å²) in [5, 5.41) is 6.58. The molecular formula is C15H26N2O2. The number of hydrogen-bond acceptors (Lipinski definition) is 4. The van der Waals surface area contributed by atoms with Crippen molar-refractivity contribution in [3.8, 4) is 11.5 Å². The third-order valence-corrected chi connectivity index (χ3v) is 3.28. The Morgan fingerprint density at radius 3 is 2.32 bits per heavy atom. The molecule has 0 spiro atoms. The van der Waals surface area contributed by atoms with Gasteiger partial charge in [0.05, 0.1) is 14.2 Å². The molecule has 4 nitrogen and oxygen atoms in total. The first-order chi connectivity index (χ1) is 9.05. The van der Waals surface area contributed by atoms with E-state index in [1.807, 2.05) is 13.1 Å². The fraction of sp³-hybridized carbons (Fsp3) is 0.600. The van der Waals surface area contributed by atoms with E-state index in [4.69, 9.17) is 9.47 Å². The summed E-state index contributed by atoms with van der Waals surface area (Å²) in [5.74, 6) is 1.55. The van der Waals surface area contributed by atoms with Gasteiger partial charge in [-0.05, 0) is 24.7 Å². The smallest absolute Gasteiger partial charge is 0.161 e. The van der Waals surface area contributed by atoms with E-state index < -0.39 is 0 Å². The van der Waals surface area contributed by atoms with Gasteiger partial charge in [0.15, 0.2) is 11.5 Å². The molecule has 0 saturated heterocycles. The van der Waals surface area contributed by atoms with Crippen LogP contribution in [0.2, 0.25) is 0 Å². The molecule has 0 aromatic heterocycles. The molecule has 108 valence electrons. The van der Waals surface area contributed by atoms with Gasteiger partial charge in [0.2, 0.25) is 0 Å². The van der Waals surface area contributed by atoms with Crippen LogP contribution in [0.5, 0.6) is 11.5 Å². The Balaban J connectivity index is 2.76. The van der Waals surface area contributed by atoms with Gasteiger partial charge in [0.1, 0.15) is 0 Å². The summed E-state index contributed by atoms with van der Waals surface area (Å²) in [6.45, 7) is 7.31. The molecule has 0 fully saturated rings. The number of likely N-dealkylation sites (N-methyl/N-ethyl adjacent to an activating group) is 1. The molecule has 1 aromatic rings. The maximum Gasteiger partial charge on any atom is 0.161 e. The lowest BCUT2D eigenvalue weighted by atomic mass is 9.84. The van der Waals surface area contributed by atoms with E-state index in [1.54, 1.807) is 14.2 Å². The van der Waals surface area contributed by atoms with E-state index in [-0.39, 0.29) is 5.41 Å². The summed E-state index contributed by atoms with van der Waals surface area (Å²) in [5.41, 5.74) is 1.29. The molecule has 0 bridgehead atoms. The van der Waals surface area contributed by atoms with E-state index in [0.717, 1.165) is 31.1 Å². The van der Waals surface area contributed by atoms with Crippen LogP contribution in [0.15, 0.2) is 18.2 Å². The SMILES string of the molecule is CNCCNCC(C)(C)c1ccc(OC)c(OC)c1. The van der Waals surface area contributed by atoms with Gasteiger partial charge in [0.25, 0.3) is 0 Å². The Morgan fingerprint density at radius 1 is 1.05 bits per heavy atom. The summed E-state index contributed by atoms with van der Waals surface area (Å²) in [7, 11) is 5.28. The summed E-state index contributed by atoms with van der Waals surface area (Å²) in [6.07, 6.45) is 0. The Labute approximate surface area is 116 Å². The highest BCUT2D eigenvalue weighted by Gasteiger charge is 2.21. The lowest BCUT2D eigenvalue weighted by Gasteiger charge is -2.26. The minimum absolute atomic E-state index is 0.0489. The monoisotopic (exact) mass is 266 g/mol. The van der Waals surface area contributed by atoms with Crippen molar-refractivity contribution >= 4 is 0 Å². The van der Waals surface area contributed by atoms with Crippen LogP contribution in [0.3, 0.4) is 0 Å². The Hall–Kier alpha value is -1.26. The number of rotatable bonds is 8. The van der Waals surface area contributed by atoms with Crippen LogP contribution >= 0.6 is 0 Å². The number of benzene rings is 1. The average molecular weight is 266 g/mol. The van der Waals surface area contributed by atoms with Crippen LogP contribution < -0.4 is 20.1 Å². The molecule has 0 heterocycles.